The van der Waals surface area contributed by atoms with Gasteiger partial charge < -0.3 is 9.47 Å². The lowest BCUT2D eigenvalue weighted by atomic mass is 10.2. The van der Waals surface area contributed by atoms with Crippen molar-refractivity contribution in [3.8, 4) is 5.88 Å². The molecule has 106 valence electrons. The highest BCUT2D eigenvalue weighted by Gasteiger charge is 2.13. The van der Waals surface area contributed by atoms with E-state index < -0.39 is 0 Å². The fourth-order valence-electron chi connectivity index (χ4n) is 2.22. The van der Waals surface area contributed by atoms with Crippen LogP contribution in [0.5, 0.6) is 5.88 Å². The number of thioether (sulfide) groups is 1. The van der Waals surface area contributed by atoms with Gasteiger partial charge in [0.1, 0.15) is 6.61 Å². The van der Waals surface area contributed by atoms with Gasteiger partial charge in [0.25, 0.3) is 0 Å². The topological polar surface area (TPSA) is 44.2 Å². The summed E-state index contributed by atoms with van der Waals surface area (Å²) in [7, 11) is 0. The standard InChI is InChI=1S/C15H18N2O2S/c1-2-12-3-4-14(17-15(12)16-7-1)19-9-8-18-13-5-10-20-11-6-13/h1-4,7,13H,5-6,8-11H2. The van der Waals surface area contributed by atoms with E-state index in [4.69, 9.17) is 9.47 Å². The largest absolute Gasteiger partial charge is 0.475 e. The van der Waals surface area contributed by atoms with E-state index in [1.54, 1.807) is 6.20 Å². The molecule has 4 nitrogen and oxygen atoms in total. The van der Waals surface area contributed by atoms with Gasteiger partial charge in [0.05, 0.1) is 12.7 Å². The van der Waals surface area contributed by atoms with Crippen molar-refractivity contribution in [2.24, 2.45) is 0 Å². The Morgan fingerprint density at radius 2 is 2.05 bits per heavy atom. The van der Waals surface area contributed by atoms with E-state index in [-0.39, 0.29) is 0 Å². The number of pyridine rings is 2. The molecule has 0 radical (unpaired) electrons. The predicted octanol–water partition coefficient (Wildman–Crippen LogP) is 2.92. The zero-order chi connectivity index (χ0) is 13.6. The normalized spacial score (nSPS) is 16.4. The van der Waals surface area contributed by atoms with Crippen LogP contribution in [-0.2, 0) is 4.74 Å². The van der Waals surface area contributed by atoms with E-state index in [1.807, 2.05) is 36.0 Å². The van der Waals surface area contributed by atoms with Gasteiger partial charge in [-0.15, -0.1) is 0 Å². The average molecular weight is 290 g/mol. The molecule has 0 spiro atoms. The molecule has 3 rings (SSSR count). The molecule has 0 bridgehead atoms. The molecule has 0 atom stereocenters. The zero-order valence-corrected chi connectivity index (χ0v) is 12.1. The summed E-state index contributed by atoms with van der Waals surface area (Å²) in [5.74, 6) is 3.03. The third-order valence-corrected chi connectivity index (χ3v) is 4.34. The molecule has 1 fully saturated rings. The summed E-state index contributed by atoms with van der Waals surface area (Å²) in [5, 5.41) is 1.02. The van der Waals surface area contributed by atoms with Gasteiger partial charge in [-0.3, -0.25) is 0 Å². The average Bonchev–Trinajstić information content (AvgIpc) is 2.52. The molecule has 1 aliphatic heterocycles. The highest BCUT2D eigenvalue weighted by Crippen LogP contribution is 2.19. The van der Waals surface area contributed by atoms with Gasteiger partial charge in [-0.1, -0.05) is 0 Å². The van der Waals surface area contributed by atoms with Crippen LogP contribution in [0.3, 0.4) is 0 Å². The Labute approximate surface area is 122 Å². The number of rotatable bonds is 5. The summed E-state index contributed by atoms with van der Waals surface area (Å²) in [5.41, 5.74) is 0.718. The molecule has 0 N–H and O–H groups in total. The smallest absolute Gasteiger partial charge is 0.215 e. The first-order chi connectivity index (χ1) is 9.92. The molecular weight excluding hydrogens is 272 g/mol. The van der Waals surface area contributed by atoms with Crippen molar-refractivity contribution in [2.45, 2.75) is 18.9 Å². The lowest BCUT2D eigenvalue weighted by Gasteiger charge is -2.21. The molecule has 2 aromatic heterocycles. The molecule has 3 heterocycles. The van der Waals surface area contributed by atoms with Gasteiger partial charge in [0.2, 0.25) is 5.88 Å². The third-order valence-electron chi connectivity index (χ3n) is 3.29. The number of fused-ring (bicyclic) bond motifs is 1. The number of nitrogens with zero attached hydrogens (tertiary/aromatic N) is 2. The maximum atomic E-state index is 5.81. The highest BCUT2D eigenvalue weighted by atomic mass is 32.2. The van der Waals surface area contributed by atoms with Crippen molar-refractivity contribution in [1.82, 2.24) is 9.97 Å². The van der Waals surface area contributed by atoms with E-state index in [0.29, 0.717) is 25.2 Å². The van der Waals surface area contributed by atoms with E-state index in [1.165, 1.54) is 11.5 Å². The molecular formula is C15H18N2O2S. The van der Waals surface area contributed by atoms with Crippen molar-refractivity contribution >= 4 is 22.8 Å². The Hall–Kier alpha value is -1.33. The van der Waals surface area contributed by atoms with Crippen molar-refractivity contribution in [3.05, 3.63) is 30.5 Å². The van der Waals surface area contributed by atoms with Crippen molar-refractivity contribution in [3.63, 3.8) is 0 Å². The SMILES string of the molecule is c1cnc2nc(OCCOC3CCSCC3)ccc2c1. The van der Waals surface area contributed by atoms with Crippen molar-refractivity contribution in [2.75, 3.05) is 24.7 Å². The lowest BCUT2D eigenvalue weighted by molar-refractivity contribution is 0.0288. The first kappa shape index (κ1) is 13.6. The van der Waals surface area contributed by atoms with Crippen molar-refractivity contribution < 1.29 is 9.47 Å². The Kier molecular flexibility index (Phi) is 4.71. The monoisotopic (exact) mass is 290 g/mol. The molecule has 5 heteroatoms. The second-order valence-electron chi connectivity index (χ2n) is 4.73. The van der Waals surface area contributed by atoms with Crippen LogP contribution in [0, 0.1) is 0 Å². The van der Waals surface area contributed by atoms with Crippen LogP contribution in [0.25, 0.3) is 11.0 Å². The molecule has 0 aromatic carbocycles. The minimum atomic E-state index is 0.408. The minimum absolute atomic E-state index is 0.408. The molecule has 20 heavy (non-hydrogen) atoms. The van der Waals surface area contributed by atoms with Gasteiger partial charge in [0.15, 0.2) is 5.65 Å². The number of hydrogen-bond acceptors (Lipinski definition) is 5. The number of hydrogen-bond donors (Lipinski definition) is 0. The second kappa shape index (κ2) is 6.90. The van der Waals surface area contributed by atoms with Crippen LogP contribution < -0.4 is 4.74 Å². The van der Waals surface area contributed by atoms with Crippen LogP contribution in [-0.4, -0.2) is 40.8 Å². The van der Waals surface area contributed by atoms with E-state index in [0.717, 1.165) is 23.9 Å². The van der Waals surface area contributed by atoms with Gasteiger partial charge in [-0.25, -0.2) is 4.98 Å². The first-order valence-corrected chi connectivity index (χ1v) is 8.11. The summed E-state index contributed by atoms with van der Waals surface area (Å²) in [4.78, 5) is 8.59. The quantitative estimate of drug-likeness (QED) is 0.792. The highest BCUT2D eigenvalue weighted by molar-refractivity contribution is 7.99. The summed E-state index contributed by atoms with van der Waals surface area (Å²) in [6.07, 6.45) is 4.46. The van der Waals surface area contributed by atoms with Crippen molar-refractivity contribution in [1.29, 1.82) is 0 Å². The third kappa shape index (κ3) is 3.61. The van der Waals surface area contributed by atoms with Crippen LogP contribution in [0.15, 0.2) is 30.5 Å². The van der Waals surface area contributed by atoms with Crippen LogP contribution in [0.1, 0.15) is 12.8 Å². The second-order valence-corrected chi connectivity index (χ2v) is 5.96. The maximum absolute atomic E-state index is 5.81. The van der Waals surface area contributed by atoms with E-state index in [2.05, 4.69) is 9.97 Å². The predicted molar refractivity (Wildman–Crippen MR) is 81.3 cm³/mol. The fourth-order valence-corrected chi connectivity index (χ4v) is 3.28. The summed E-state index contributed by atoms with van der Waals surface area (Å²) in [6.45, 7) is 1.16. The van der Waals surface area contributed by atoms with Gasteiger partial charge >= 0.3 is 0 Å². The van der Waals surface area contributed by atoms with Gasteiger partial charge in [-0.2, -0.15) is 16.7 Å². The zero-order valence-electron chi connectivity index (χ0n) is 11.3. The van der Waals surface area contributed by atoms with Crippen LogP contribution in [0.4, 0.5) is 0 Å². The fraction of sp³-hybridized carbons (Fsp3) is 0.467. The first-order valence-electron chi connectivity index (χ1n) is 6.96. The number of ether oxygens (including phenoxy) is 2. The summed E-state index contributed by atoms with van der Waals surface area (Å²) in [6, 6.07) is 7.75. The Morgan fingerprint density at radius 1 is 1.15 bits per heavy atom. The molecule has 0 unspecified atom stereocenters. The summed E-state index contributed by atoms with van der Waals surface area (Å²) < 4.78 is 11.4. The summed E-state index contributed by atoms with van der Waals surface area (Å²) >= 11 is 2.01. The molecule has 0 amide bonds. The van der Waals surface area contributed by atoms with E-state index >= 15 is 0 Å². The van der Waals surface area contributed by atoms with Crippen LogP contribution in [0.2, 0.25) is 0 Å². The molecule has 2 aromatic rings. The van der Waals surface area contributed by atoms with Gasteiger partial charge in [-0.05, 0) is 42.5 Å². The van der Waals surface area contributed by atoms with Crippen LogP contribution >= 0.6 is 11.8 Å². The number of aromatic nitrogens is 2. The Bertz CT molecular complexity index is 558. The lowest BCUT2D eigenvalue weighted by Crippen LogP contribution is -2.21. The minimum Gasteiger partial charge on any atom is -0.475 e. The molecule has 0 aliphatic carbocycles. The Balaban J connectivity index is 1.47. The maximum Gasteiger partial charge on any atom is 0.215 e. The molecule has 1 aliphatic rings. The molecule has 0 saturated carbocycles. The Morgan fingerprint density at radius 3 is 2.95 bits per heavy atom. The van der Waals surface area contributed by atoms with E-state index in [9.17, 15) is 0 Å². The van der Waals surface area contributed by atoms with Gasteiger partial charge in [0, 0.05) is 17.6 Å². The molecule has 1 saturated heterocycles.